The van der Waals surface area contributed by atoms with Gasteiger partial charge in [0, 0.05) is 22.0 Å². The molecule has 2 aromatic heterocycles. The van der Waals surface area contributed by atoms with Crippen LogP contribution in [-0.2, 0) is 24.2 Å². The van der Waals surface area contributed by atoms with Crippen LogP contribution in [0, 0.1) is 6.92 Å². The molecule has 0 saturated heterocycles. The summed E-state index contributed by atoms with van der Waals surface area (Å²) in [6, 6.07) is 9.07. The van der Waals surface area contributed by atoms with Crippen molar-refractivity contribution in [2.24, 2.45) is 0 Å². The van der Waals surface area contributed by atoms with Gasteiger partial charge in [0.1, 0.15) is 10.8 Å². The number of nitrogens with zero attached hydrogens (tertiary/aromatic N) is 2. The number of aromatic nitrogens is 2. The minimum Gasteiger partial charge on any atom is -0.467 e. The fourth-order valence-corrected chi connectivity index (χ4v) is 4.70. The van der Waals surface area contributed by atoms with Gasteiger partial charge < -0.3 is 9.73 Å². The summed E-state index contributed by atoms with van der Waals surface area (Å²) < 4.78 is 7.11. The van der Waals surface area contributed by atoms with Crippen LogP contribution in [0.15, 0.2) is 50.8 Å². The lowest BCUT2D eigenvalue weighted by Crippen LogP contribution is -2.30. The number of halogens is 1. The molecule has 0 saturated carbocycles. The van der Waals surface area contributed by atoms with Crippen LogP contribution in [0.2, 0.25) is 5.02 Å². The summed E-state index contributed by atoms with van der Waals surface area (Å²) in [6.07, 6.45) is 5.38. The van der Waals surface area contributed by atoms with Crippen molar-refractivity contribution >= 4 is 35.0 Å². The van der Waals surface area contributed by atoms with E-state index in [0.29, 0.717) is 22.3 Å². The van der Waals surface area contributed by atoms with Gasteiger partial charge in [-0.2, -0.15) is 4.98 Å². The maximum atomic E-state index is 12.7. The third-order valence-electron chi connectivity index (χ3n) is 5.23. The zero-order chi connectivity index (χ0) is 21.1. The highest BCUT2D eigenvalue weighted by Gasteiger charge is 2.21. The molecule has 30 heavy (non-hydrogen) atoms. The van der Waals surface area contributed by atoms with E-state index in [1.165, 1.54) is 11.8 Å². The van der Waals surface area contributed by atoms with Gasteiger partial charge in [-0.15, -0.1) is 0 Å². The van der Waals surface area contributed by atoms with Crippen LogP contribution in [-0.4, -0.2) is 21.2 Å². The molecule has 0 radical (unpaired) electrons. The van der Waals surface area contributed by atoms with Crippen molar-refractivity contribution in [2.75, 3.05) is 11.1 Å². The molecule has 1 aliphatic rings. The molecule has 0 unspecified atom stereocenters. The number of nitrogens with one attached hydrogen (secondary N) is 1. The van der Waals surface area contributed by atoms with Gasteiger partial charge in [-0.1, -0.05) is 29.4 Å². The van der Waals surface area contributed by atoms with Gasteiger partial charge >= 0.3 is 5.69 Å². The van der Waals surface area contributed by atoms with Crippen LogP contribution in [0.5, 0.6) is 0 Å². The number of fused-ring (bicyclic) bond motifs is 1. The van der Waals surface area contributed by atoms with Crippen LogP contribution >= 0.6 is 23.4 Å². The van der Waals surface area contributed by atoms with Crippen LogP contribution in [0.4, 0.5) is 5.69 Å². The van der Waals surface area contributed by atoms with Gasteiger partial charge in [0.25, 0.3) is 0 Å². The number of hydrogen-bond acceptors (Lipinski definition) is 5. The minimum absolute atomic E-state index is 0.156. The molecule has 156 valence electrons. The van der Waals surface area contributed by atoms with Crippen LogP contribution in [0.3, 0.4) is 0 Å². The molecule has 1 aromatic carbocycles. The number of amides is 1. The Morgan fingerprint density at radius 3 is 2.90 bits per heavy atom. The number of carbonyl (C=O) groups is 1. The second kappa shape index (κ2) is 9.10. The topological polar surface area (TPSA) is 77.1 Å². The molecule has 4 rings (SSSR count). The smallest absolute Gasteiger partial charge is 0.349 e. The standard InChI is InChI=1S/C22H22ClN3O3S/c1-14-17(23)8-4-9-18(14)24-20(27)13-30-21-16-7-2-3-10-19(16)26(22(28)25-21)12-15-6-5-11-29-15/h4-6,8-9,11H,2-3,7,10,12-13H2,1H3,(H,24,27). The summed E-state index contributed by atoms with van der Waals surface area (Å²) in [7, 11) is 0. The molecule has 0 aliphatic heterocycles. The van der Waals surface area contributed by atoms with E-state index in [0.717, 1.165) is 48.3 Å². The third kappa shape index (κ3) is 4.47. The molecule has 1 amide bonds. The average Bonchev–Trinajstić information content (AvgIpc) is 3.25. The van der Waals surface area contributed by atoms with E-state index in [4.69, 9.17) is 16.0 Å². The zero-order valence-electron chi connectivity index (χ0n) is 16.6. The Labute approximate surface area is 183 Å². The second-order valence-corrected chi connectivity index (χ2v) is 8.62. The normalized spacial score (nSPS) is 13.1. The Kier molecular flexibility index (Phi) is 6.29. The highest BCUT2D eigenvalue weighted by molar-refractivity contribution is 8.00. The molecule has 1 aliphatic carbocycles. The monoisotopic (exact) mass is 443 g/mol. The van der Waals surface area contributed by atoms with E-state index in [1.54, 1.807) is 23.0 Å². The summed E-state index contributed by atoms with van der Waals surface area (Å²) in [6.45, 7) is 2.24. The Hall–Kier alpha value is -2.51. The maximum absolute atomic E-state index is 12.7. The zero-order valence-corrected chi connectivity index (χ0v) is 18.2. The predicted molar refractivity (Wildman–Crippen MR) is 118 cm³/mol. The van der Waals surface area contributed by atoms with E-state index >= 15 is 0 Å². The van der Waals surface area contributed by atoms with Gasteiger partial charge in [0.2, 0.25) is 5.91 Å². The van der Waals surface area contributed by atoms with E-state index in [1.807, 2.05) is 25.1 Å². The summed E-state index contributed by atoms with van der Waals surface area (Å²) in [5.41, 5.74) is 3.29. The number of anilines is 1. The van der Waals surface area contributed by atoms with Gasteiger partial charge in [-0.25, -0.2) is 4.79 Å². The predicted octanol–water partition coefficient (Wildman–Crippen LogP) is 4.46. The summed E-state index contributed by atoms with van der Waals surface area (Å²) >= 11 is 7.43. The Morgan fingerprint density at radius 1 is 1.27 bits per heavy atom. The first-order valence-electron chi connectivity index (χ1n) is 9.85. The SMILES string of the molecule is Cc1c(Cl)cccc1NC(=O)CSc1nc(=O)n(Cc2ccco2)c2c1CCCC2. The first-order valence-corrected chi connectivity index (χ1v) is 11.2. The number of carbonyl (C=O) groups excluding carboxylic acids is 1. The maximum Gasteiger partial charge on any atom is 0.349 e. The van der Waals surface area contributed by atoms with Crippen LogP contribution in [0.1, 0.15) is 35.4 Å². The number of furan rings is 1. The summed E-state index contributed by atoms with van der Waals surface area (Å²) in [5, 5.41) is 4.15. The van der Waals surface area contributed by atoms with Gasteiger partial charge in [0.15, 0.2) is 0 Å². The van der Waals surface area contributed by atoms with E-state index in [2.05, 4.69) is 10.3 Å². The number of hydrogen-bond donors (Lipinski definition) is 1. The molecule has 1 N–H and O–H groups in total. The minimum atomic E-state index is -0.305. The van der Waals surface area contributed by atoms with E-state index < -0.39 is 0 Å². The van der Waals surface area contributed by atoms with Gasteiger partial charge in [-0.3, -0.25) is 9.36 Å². The lowest BCUT2D eigenvalue weighted by molar-refractivity contribution is -0.113. The molecular weight excluding hydrogens is 422 g/mol. The van der Waals surface area contributed by atoms with Crippen molar-refractivity contribution in [1.29, 1.82) is 0 Å². The fraction of sp³-hybridized carbons (Fsp3) is 0.318. The largest absolute Gasteiger partial charge is 0.467 e. The van der Waals surface area contributed by atoms with E-state index in [-0.39, 0.29) is 17.3 Å². The molecule has 3 aromatic rings. The molecule has 2 heterocycles. The highest BCUT2D eigenvalue weighted by atomic mass is 35.5. The van der Waals surface area contributed by atoms with Crippen molar-refractivity contribution in [3.8, 4) is 0 Å². The van der Waals surface area contributed by atoms with Crippen molar-refractivity contribution in [3.05, 3.63) is 74.7 Å². The molecule has 6 nitrogen and oxygen atoms in total. The summed E-state index contributed by atoms with van der Waals surface area (Å²) in [5.74, 6) is 0.743. The number of thioether (sulfide) groups is 1. The third-order valence-corrected chi connectivity index (χ3v) is 6.65. The molecule has 8 heteroatoms. The Balaban J connectivity index is 1.53. The van der Waals surface area contributed by atoms with Gasteiger partial charge in [0.05, 0.1) is 18.6 Å². The second-order valence-electron chi connectivity index (χ2n) is 7.25. The first kappa shape index (κ1) is 20.8. The lowest BCUT2D eigenvalue weighted by Gasteiger charge is -2.22. The first-order chi connectivity index (χ1) is 14.5. The van der Waals surface area contributed by atoms with Crippen LogP contribution in [0.25, 0.3) is 0 Å². The lowest BCUT2D eigenvalue weighted by atomic mass is 9.97. The molecule has 0 fully saturated rings. The molecule has 0 atom stereocenters. The van der Waals surface area contributed by atoms with E-state index in [9.17, 15) is 9.59 Å². The van der Waals surface area contributed by atoms with Crippen molar-refractivity contribution in [3.63, 3.8) is 0 Å². The Bertz CT molecular complexity index is 1130. The van der Waals surface area contributed by atoms with Crippen molar-refractivity contribution in [1.82, 2.24) is 9.55 Å². The van der Waals surface area contributed by atoms with Gasteiger partial charge in [-0.05, 0) is 62.4 Å². The fourth-order valence-electron chi connectivity index (χ4n) is 3.65. The molecule has 0 bridgehead atoms. The van der Waals surface area contributed by atoms with Crippen molar-refractivity contribution in [2.45, 2.75) is 44.2 Å². The highest BCUT2D eigenvalue weighted by Crippen LogP contribution is 2.29. The molecule has 0 spiro atoms. The van der Waals surface area contributed by atoms with Crippen molar-refractivity contribution < 1.29 is 9.21 Å². The quantitative estimate of drug-likeness (QED) is 0.449. The average molecular weight is 444 g/mol. The summed E-state index contributed by atoms with van der Waals surface area (Å²) in [4.78, 5) is 29.5. The number of benzene rings is 1. The molecular formula is C22H22ClN3O3S. The Morgan fingerprint density at radius 2 is 2.10 bits per heavy atom. The number of rotatable bonds is 6. The van der Waals surface area contributed by atoms with Crippen LogP contribution < -0.4 is 11.0 Å².